The summed E-state index contributed by atoms with van der Waals surface area (Å²) in [5, 5.41) is 0. The molecule has 0 aromatic heterocycles. The lowest BCUT2D eigenvalue weighted by Crippen LogP contribution is -2.27. The van der Waals surface area contributed by atoms with Gasteiger partial charge in [0.05, 0.1) is 0 Å². The van der Waals surface area contributed by atoms with Gasteiger partial charge < -0.3 is 0 Å². The number of hydrogen-bond acceptors (Lipinski definition) is 0. The maximum Gasteiger partial charge on any atom is 0.136 e. The van der Waals surface area contributed by atoms with Crippen LogP contribution in [-0.4, -0.2) is 0 Å². The van der Waals surface area contributed by atoms with E-state index in [1.54, 1.807) is 0 Å². The molecule has 1 aliphatic rings. The van der Waals surface area contributed by atoms with Gasteiger partial charge in [-0.2, -0.15) is 0 Å². The summed E-state index contributed by atoms with van der Waals surface area (Å²) in [4.78, 5) is 0. The molecule has 0 heterocycles. The van der Waals surface area contributed by atoms with E-state index in [2.05, 4.69) is 38.1 Å². The van der Waals surface area contributed by atoms with Crippen LogP contribution < -0.4 is 0 Å². The summed E-state index contributed by atoms with van der Waals surface area (Å²) in [6.45, 7) is 4.48. The standard InChI is InChI=1S/C22H35F/c1-3-5-7-9-19-11-13-21(14-12-19)22(23)17-15-20(16-18-22)10-8-6-4-2/h11-14,20H,3-10,15-18H2,1-2H3. The largest absolute Gasteiger partial charge is 0.239 e. The number of aryl methyl sites for hydroxylation is 1. The third-order valence-corrected chi connectivity index (χ3v) is 5.65. The van der Waals surface area contributed by atoms with Crippen molar-refractivity contribution in [2.24, 2.45) is 5.92 Å². The fourth-order valence-corrected chi connectivity index (χ4v) is 3.94. The van der Waals surface area contributed by atoms with E-state index >= 15 is 4.39 Å². The molecule has 1 aromatic rings. The first-order valence-corrected chi connectivity index (χ1v) is 9.96. The summed E-state index contributed by atoms with van der Waals surface area (Å²) in [6.07, 6.45) is 13.7. The van der Waals surface area contributed by atoms with Crippen molar-refractivity contribution < 1.29 is 4.39 Å². The lowest BCUT2D eigenvalue weighted by molar-refractivity contribution is 0.0787. The first-order valence-electron chi connectivity index (χ1n) is 9.96. The monoisotopic (exact) mass is 318 g/mol. The maximum absolute atomic E-state index is 15.3. The van der Waals surface area contributed by atoms with Crippen molar-refractivity contribution in [3.63, 3.8) is 0 Å². The number of unbranched alkanes of at least 4 members (excludes halogenated alkanes) is 4. The summed E-state index contributed by atoms with van der Waals surface area (Å²) < 4.78 is 15.3. The minimum atomic E-state index is -1.07. The molecule has 0 spiro atoms. The molecule has 0 nitrogen and oxygen atoms in total. The quantitative estimate of drug-likeness (QED) is 0.417. The van der Waals surface area contributed by atoms with E-state index < -0.39 is 5.67 Å². The number of hydrogen-bond donors (Lipinski definition) is 0. The Balaban J connectivity index is 1.84. The zero-order chi connectivity index (χ0) is 16.5. The fraction of sp³-hybridized carbons (Fsp3) is 0.727. The van der Waals surface area contributed by atoms with E-state index in [1.807, 2.05) is 0 Å². The second kappa shape index (κ2) is 9.45. The summed E-state index contributed by atoms with van der Waals surface area (Å²) in [6, 6.07) is 8.41. The number of halogens is 1. The molecule has 0 unspecified atom stereocenters. The molecule has 0 N–H and O–H groups in total. The molecule has 0 radical (unpaired) electrons. The van der Waals surface area contributed by atoms with Crippen LogP contribution in [0.25, 0.3) is 0 Å². The van der Waals surface area contributed by atoms with Gasteiger partial charge in [-0.25, -0.2) is 4.39 Å². The second-order valence-electron chi connectivity index (χ2n) is 7.56. The maximum atomic E-state index is 15.3. The highest BCUT2D eigenvalue weighted by Crippen LogP contribution is 2.44. The Bertz CT molecular complexity index is 426. The van der Waals surface area contributed by atoms with Crippen LogP contribution in [0.1, 0.15) is 95.6 Å². The smallest absolute Gasteiger partial charge is 0.136 e. The molecule has 2 rings (SSSR count). The zero-order valence-corrected chi connectivity index (χ0v) is 15.2. The van der Waals surface area contributed by atoms with Crippen LogP contribution in [0.5, 0.6) is 0 Å². The van der Waals surface area contributed by atoms with Crippen LogP contribution in [0.3, 0.4) is 0 Å². The molecule has 1 aliphatic carbocycles. The highest BCUT2D eigenvalue weighted by molar-refractivity contribution is 5.28. The lowest BCUT2D eigenvalue weighted by Gasteiger charge is -2.34. The predicted molar refractivity (Wildman–Crippen MR) is 98.6 cm³/mol. The van der Waals surface area contributed by atoms with Crippen LogP contribution in [-0.2, 0) is 12.1 Å². The molecule has 1 saturated carbocycles. The predicted octanol–water partition coefficient (Wildman–Crippen LogP) is 7.35. The topological polar surface area (TPSA) is 0 Å². The molecule has 0 bridgehead atoms. The van der Waals surface area contributed by atoms with Gasteiger partial charge >= 0.3 is 0 Å². The van der Waals surface area contributed by atoms with Gasteiger partial charge in [-0.05, 0) is 55.6 Å². The minimum absolute atomic E-state index is 0.721. The van der Waals surface area contributed by atoms with Gasteiger partial charge in [-0.1, -0.05) is 76.6 Å². The van der Waals surface area contributed by atoms with Gasteiger partial charge in [0, 0.05) is 0 Å². The van der Waals surface area contributed by atoms with Crippen molar-refractivity contribution >= 4 is 0 Å². The van der Waals surface area contributed by atoms with E-state index in [1.165, 1.54) is 50.5 Å². The van der Waals surface area contributed by atoms with Crippen molar-refractivity contribution in [3.8, 4) is 0 Å². The molecule has 23 heavy (non-hydrogen) atoms. The van der Waals surface area contributed by atoms with Gasteiger partial charge in [0.1, 0.15) is 5.67 Å². The number of rotatable bonds is 9. The molecule has 1 heteroatoms. The summed E-state index contributed by atoms with van der Waals surface area (Å²) >= 11 is 0. The van der Waals surface area contributed by atoms with Gasteiger partial charge in [0.15, 0.2) is 0 Å². The molecule has 1 aromatic carbocycles. The van der Waals surface area contributed by atoms with Crippen LogP contribution >= 0.6 is 0 Å². The highest BCUT2D eigenvalue weighted by atomic mass is 19.1. The zero-order valence-electron chi connectivity index (χ0n) is 15.2. The van der Waals surface area contributed by atoms with Crippen molar-refractivity contribution in [2.45, 2.75) is 96.6 Å². The van der Waals surface area contributed by atoms with Crippen LogP contribution in [0, 0.1) is 5.92 Å². The SMILES string of the molecule is CCCCCc1ccc(C2(F)CCC(CCCCC)CC2)cc1. The molecule has 0 amide bonds. The molecular formula is C22H35F. The Hall–Kier alpha value is -0.850. The second-order valence-corrected chi connectivity index (χ2v) is 7.56. The number of alkyl halides is 1. The van der Waals surface area contributed by atoms with Gasteiger partial charge in [-0.15, -0.1) is 0 Å². The molecule has 130 valence electrons. The van der Waals surface area contributed by atoms with E-state index in [0.717, 1.165) is 43.6 Å². The average molecular weight is 319 g/mol. The van der Waals surface area contributed by atoms with E-state index in [9.17, 15) is 0 Å². The highest BCUT2D eigenvalue weighted by Gasteiger charge is 2.36. The van der Waals surface area contributed by atoms with E-state index in [-0.39, 0.29) is 0 Å². The molecule has 0 saturated heterocycles. The van der Waals surface area contributed by atoms with Gasteiger partial charge in [0.2, 0.25) is 0 Å². The van der Waals surface area contributed by atoms with E-state index in [0.29, 0.717) is 0 Å². The van der Waals surface area contributed by atoms with Crippen molar-refractivity contribution in [2.75, 3.05) is 0 Å². The molecular weight excluding hydrogens is 283 g/mol. The Labute approximate surface area is 142 Å². The summed E-state index contributed by atoms with van der Waals surface area (Å²) in [5.74, 6) is 0.763. The summed E-state index contributed by atoms with van der Waals surface area (Å²) in [7, 11) is 0. The molecule has 1 fully saturated rings. The fourth-order valence-electron chi connectivity index (χ4n) is 3.94. The Morgan fingerprint density at radius 2 is 1.52 bits per heavy atom. The van der Waals surface area contributed by atoms with Crippen molar-refractivity contribution in [1.29, 1.82) is 0 Å². The third kappa shape index (κ3) is 5.62. The third-order valence-electron chi connectivity index (χ3n) is 5.65. The van der Waals surface area contributed by atoms with Crippen LogP contribution in [0.2, 0.25) is 0 Å². The first kappa shape index (κ1) is 18.5. The van der Waals surface area contributed by atoms with Gasteiger partial charge in [-0.3, -0.25) is 0 Å². The molecule has 0 atom stereocenters. The number of benzene rings is 1. The average Bonchev–Trinajstić information content (AvgIpc) is 2.58. The lowest BCUT2D eigenvalue weighted by atomic mass is 9.75. The summed E-state index contributed by atoms with van der Waals surface area (Å²) in [5.41, 5.74) is 1.21. The molecule has 0 aliphatic heterocycles. The van der Waals surface area contributed by atoms with Crippen LogP contribution in [0.15, 0.2) is 24.3 Å². The van der Waals surface area contributed by atoms with E-state index in [4.69, 9.17) is 0 Å². The van der Waals surface area contributed by atoms with Crippen molar-refractivity contribution in [3.05, 3.63) is 35.4 Å². The minimum Gasteiger partial charge on any atom is -0.239 e. The van der Waals surface area contributed by atoms with Crippen molar-refractivity contribution in [1.82, 2.24) is 0 Å². The van der Waals surface area contributed by atoms with Gasteiger partial charge in [0.25, 0.3) is 0 Å². The first-order chi connectivity index (χ1) is 11.2. The van der Waals surface area contributed by atoms with Crippen LogP contribution in [0.4, 0.5) is 4.39 Å². The Morgan fingerprint density at radius 1 is 0.913 bits per heavy atom. The normalized spacial score (nSPS) is 24.7. The Morgan fingerprint density at radius 3 is 2.13 bits per heavy atom. The Kier molecular flexibility index (Phi) is 7.59.